The number of anilines is 1. The van der Waals surface area contributed by atoms with Crippen LogP contribution in [0.25, 0.3) is 0 Å². The number of nitrogen functional groups attached to an aromatic ring is 1. The largest absolute Gasteiger partial charge is 0.399 e. The van der Waals surface area contributed by atoms with Crippen molar-refractivity contribution in [2.45, 2.75) is 52.9 Å². The van der Waals surface area contributed by atoms with Crippen molar-refractivity contribution in [2.24, 2.45) is 0 Å². The molecule has 0 atom stereocenters. The Morgan fingerprint density at radius 1 is 1.19 bits per heavy atom. The normalized spacial score (nSPS) is 11.8. The maximum Gasteiger partial charge on any atom is 0.141 e. The Balaban J connectivity index is 2.14. The molecule has 1 aromatic heterocycles. The fourth-order valence-electron chi connectivity index (χ4n) is 2.35. The molecule has 0 radical (unpaired) electrons. The molecule has 1 heterocycles. The van der Waals surface area contributed by atoms with Crippen molar-refractivity contribution >= 4 is 5.69 Å². The highest BCUT2D eigenvalue weighted by Crippen LogP contribution is 2.15. The van der Waals surface area contributed by atoms with E-state index in [0.29, 0.717) is 12.1 Å². The van der Waals surface area contributed by atoms with E-state index in [-0.39, 0.29) is 0 Å². The molecule has 0 aliphatic rings. The fourth-order valence-corrected chi connectivity index (χ4v) is 2.35. The molecular formula is C16H25N5. The minimum Gasteiger partial charge on any atom is -0.399 e. The molecule has 114 valence electrons. The minimum absolute atomic E-state index is 0.323. The zero-order chi connectivity index (χ0) is 15.4. The summed E-state index contributed by atoms with van der Waals surface area (Å²) < 4.78 is 1.98. The summed E-state index contributed by atoms with van der Waals surface area (Å²) in [6.07, 6.45) is 1.63. The van der Waals surface area contributed by atoms with Crippen molar-refractivity contribution in [1.82, 2.24) is 19.7 Å². The summed E-state index contributed by atoms with van der Waals surface area (Å²) in [6.45, 7) is 10.3. The van der Waals surface area contributed by atoms with E-state index in [1.54, 1.807) is 6.33 Å². The van der Waals surface area contributed by atoms with Gasteiger partial charge < -0.3 is 5.73 Å². The van der Waals surface area contributed by atoms with E-state index in [9.17, 15) is 0 Å². The van der Waals surface area contributed by atoms with E-state index >= 15 is 0 Å². The maximum atomic E-state index is 5.87. The van der Waals surface area contributed by atoms with Crippen LogP contribution in [0.15, 0.2) is 30.6 Å². The van der Waals surface area contributed by atoms with E-state index in [4.69, 9.17) is 5.73 Å². The quantitative estimate of drug-likeness (QED) is 0.830. The molecular weight excluding hydrogens is 262 g/mol. The van der Waals surface area contributed by atoms with Crippen LogP contribution in [-0.2, 0) is 13.1 Å². The molecule has 2 rings (SSSR count). The summed E-state index contributed by atoms with van der Waals surface area (Å²) in [5.74, 6) is 1.00. The summed E-state index contributed by atoms with van der Waals surface area (Å²) in [7, 11) is 0. The Hall–Kier alpha value is -1.88. The highest BCUT2D eigenvalue weighted by atomic mass is 15.4. The molecule has 0 unspecified atom stereocenters. The average molecular weight is 287 g/mol. The van der Waals surface area contributed by atoms with Crippen molar-refractivity contribution in [3.05, 3.63) is 42.0 Å². The van der Waals surface area contributed by atoms with Gasteiger partial charge in [-0.3, -0.25) is 4.90 Å². The lowest BCUT2D eigenvalue weighted by Crippen LogP contribution is -2.31. The predicted octanol–water partition coefficient (Wildman–Crippen LogP) is 2.85. The zero-order valence-corrected chi connectivity index (χ0v) is 13.3. The Morgan fingerprint density at radius 3 is 2.57 bits per heavy atom. The van der Waals surface area contributed by atoms with Crippen LogP contribution >= 0.6 is 0 Å². The highest BCUT2D eigenvalue weighted by molar-refractivity contribution is 5.40. The third-order valence-electron chi connectivity index (χ3n) is 3.55. The summed E-state index contributed by atoms with van der Waals surface area (Å²) in [4.78, 5) is 6.78. The van der Waals surface area contributed by atoms with E-state index in [2.05, 4.69) is 48.7 Å². The van der Waals surface area contributed by atoms with E-state index < -0.39 is 0 Å². The lowest BCUT2D eigenvalue weighted by molar-refractivity contribution is 0.193. The van der Waals surface area contributed by atoms with Gasteiger partial charge in [-0.2, -0.15) is 5.10 Å². The molecule has 2 N–H and O–H groups in total. The monoisotopic (exact) mass is 287 g/mol. The van der Waals surface area contributed by atoms with Gasteiger partial charge in [-0.1, -0.05) is 12.1 Å². The lowest BCUT2D eigenvalue weighted by Gasteiger charge is -2.26. The molecule has 0 saturated carbocycles. The van der Waals surface area contributed by atoms with Gasteiger partial charge in [0.15, 0.2) is 0 Å². The van der Waals surface area contributed by atoms with Crippen LogP contribution in [0.2, 0.25) is 0 Å². The number of hydrogen-bond acceptors (Lipinski definition) is 4. The second-order valence-corrected chi connectivity index (χ2v) is 5.96. The summed E-state index contributed by atoms with van der Waals surface area (Å²) in [5, 5.41) is 4.31. The van der Waals surface area contributed by atoms with Gasteiger partial charge in [-0.25, -0.2) is 9.67 Å². The zero-order valence-electron chi connectivity index (χ0n) is 13.3. The Morgan fingerprint density at radius 2 is 1.95 bits per heavy atom. The summed E-state index contributed by atoms with van der Waals surface area (Å²) in [5.41, 5.74) is 7.89. The molecule has 0 fully saturated rings. The first kappa shape index (κ1) is 15.5. The Bertz CT molecular complexity index is 574. The molecule has 1 aromatic carbocycles. The summed E-state index contributed by atoms with van der Waals surface area (Å²) >= 11 is 0. The Labute approximate surface area is 126 Å². The van der Waals surface area contributed by atoms with E-state index in [1.807, 2.05) is 22.9 Å². The topological polar surface area (TPSA) is 60.0 Å². The molecule has 2 aromatic rings. The first-order chi connectivity index (χ1) is 9.97. The van der Waals surface area contributed by atoms with E-state index in [1.165, 1.54) is 5.56 Å². The van der Waals surface area contributed by atoms with Crippen molar-refractivity contribution in [3.8, 4) is 0 Å². The van der Waals surface area contributed by atoms with Crippen molar-refractivity contribution in [3.63, 3.8) is 0 Å². The van der Waals surface area contributed by atoms with E-state index in [0.717, 1.165) is 24.6 Å². The third-order valence-corrected chi connectivity index (χ3v) is 3.55. The van der Waals surface area contributed by atoms with Crippen LogP contribution in [0.3, 0.4) is 0 Å². The van der Waals surface area contributed by atoms with Gasteiger partial charge in [0.2, 0.25) is 0 Å². The average Bonchev–Trinajstić information content (AvgIpc) is 2.86. The van der Waals surface area contributed by atoms with Crippen LogP contribution in [-0.4, -0.2) is 25.7 Å². The van der Waals surface area contributed by atoms with Gasteiger partial charge >= 0.3 is 0 Å². The SMILES string of the molecule is CC(C)N(Cc1cccc(N)c1)Cc1ncnn1C(C)C. The third kappa shape index (κ3) is 4.04. The number of rotatable bonds is 6. The predicted molar refractivity (Wildman–Crippen MR) is 85.6 cm³/mol. The van der Waals surface area contributed by atoms with Gasteiger partial charge in [0.25, 0.3) is 0 Å². The molecule has 0 spiro atoms. The van der Waals surface area contributed by atoms with Crippen LogP contribution in [0.5, 0.6) is 0 Å². The van der Waals surface area contributed by atoms with Crippen molar-refractivity contribution < 1.29 is 0 Å². The van der Waals surface area contributed by atoms with Crippen LogP contribution in [0, 0.1) is 0 Å². The van der Waals surface area contributed by atoms with Gasteiger partial charge in [0, 0.05) is 24.3 Å². The number of hydrogen-bond donors (Lipinski definition) is 1. The molecule has 0 bridgehead atoms. The number of nitrogens with two attached hydrogens (primary N) is 1. The van der Waals surface area contributed by atoms with Gasteiger partial charge in [-0.15, -0.1) is 0 Å². The number of nitrogens with zero attached hydrogens (tertiary/aromatic N) is 4. The minimum atomic E-state index is 0.323. The molecule has 5 nitrogen and oxygen atoms in total. The smallest absolute Gasteiger partial charge is 0.141 e. The van der Waals surface area contributed by atoms with Crippen LogP contribution in [0.1, 0.15) is 45.1 Å². The fraction of sp³-hybridized carbons (Fsp3) is 0.500. The second kappa shape index (κ2) is 6.72. The van der Waals surface area contributed by atoms with Crippen molar-refractivity contribution in [2.75, 3.05) is 5.73 Å². The first-order valence-electron chi connectivity index (χ1n) is 7.44. The number of aromatic nitrogens is 3. The second-order valence-electron chi connectivity index (χ2n) is 5.96. The standard InChI is InChI=1S/C16H25N5/c1-12(2)20(9-14-6-5-7-15(17)8-14)10-16-18-11-19-21(16)13(3)4/h5-8,11-13H,9-10,17H2,1-4H3. The van der Waals surface area contributed by atoms with Crippen LogP contribution < -0.4 is 5.73 Å². The maximum absolute atomic E-state index is 5.87. The molecule has 0 aliphatic carbocycles. The van der Waals surface area contributed by atoms with Crippen LogP contribution in [0.4, 0.5) is 5.69 Å². The Kier molecular flexibility index (Phi) is 4.96. The lowest BCUT2D eigenvalue weighted by atomic mass is 10.1. The molecule has 0 aliphatic heterocycles. The van der Waals surface area contributed by atoms with Gasteiger partial charge in [0.05, 0.1) is 6.54 Å². The number of benzene rings is 1. The molecule has 0 amide bonds. The molecule has 21 heavy (non-hydrogen) atoms. The van der Waals surface area contributed by atoms with Crippen molar-refractivity contribution in [1.29, 1.82) is 0 Å². The van der Waals surface area contributed by atoms with Gasteiger partial charge in [0.1, 0.15) is 12.2 Å². The summed E-state index contributed by atoms with van der Waals surface area (Å²) in [6, 6.07) is 8.80. The molecule has 5 heteroatoms. The molecule has 0 saturated heterocycles. The van der Waals surface area contributed by atoms with Gasteiger partial charge in [-0.05, 0) is 45.4 Å². The first-order valence-corrected chi connectivity index (χ1v) is 7.44. The highest BCUT2D eigenvalue weighted by Gasteiger charge is 2.16.